The van der Waals surface area contributed by atoms with Crippen LogP contribution in [0.4, 0.5) is 5.69 Å². The molecule has 0 N–H and O–H groups in total. The number of hydrogen-bond acceptors (Lipinski definition) is 4. The van der Waals surface area contributed by atoms with Crippen LogP contribution in [0.2, 0.25) is 5.02 Å². The minimum Gasteiger partial charge on any atom is -0.274 e. The molecule has 138 valence electrons. The van der Waals surface area contributed by atoms with E-state index in [1.807, 2.05) is 55.5 Å². The SMILES string of the molecule is Cc1ccc(N2C(=O)[C@H]3[C@@H](C2=O)N2CCCN2[C@H]3c2ccc(Cl)cc2)cc1. The average molecular weight is 382 g/mol. The second-order valence-corrected chi connectivity index (χ2v) is 7.93. The molecule has 0 aliphatic carbocycles. The highest BCUT2D eigenvalue weighted by atomic mass is 35.5. The summed E-state index contributed by atoms with van der Waals surface area (Å²) in [6.45, 7) is 3.67. The summed E-state index contributed by atoms with van der Waals surface area (Å²) in [5.74, 6) is -0.610. The first-order valence-corrected chi connectivity index (χ1v) is 9.67. The monoisotopic (exact) mass is 381 g/mol. The fourth-order valence-corrected chi connectivity index (χ4v) is 4.85. The summed E-state index contributed by atoms with van der Waals surface area (Å²) in [5.41, 5.74) is 2.79. The fourth-order valence-electron chi connectivity index (χ4n) is 4.72. The molecule has 3 aliphatic heterocycles. The highest BCUT2D eigenvalue weighted by Gasteiger charge is 2.62. The lowest BCUT2D eigenvalue weighted by molar-refractivity contribution is -0.126. The third-order valence-corrected chi connectivity index (χ3v) is 6.16. The van der Waals surface area contributed by atoms with Gasteiger partial charge in [0.15, 0.2) is 0 Å². The second-order valence-electron chi connectivity index (χ2n) is 7.49. The molecule has 0 spiro atoms. The summed E-state index contributed by atoms with van der Waals surface area (Å²) in [4.78, 5) is 28.0. The molecule has 5 nitrogen and oxygen atoms in total. The minimum atomic E-state index is -0.415. The molecule has 0 aromatic heterocycles. The zero-order valence-electron chi connectivity index (χ0n) is 15.0. The van der Waals surface area contributed by atoms with E-state index in [1.54, 1.807) is 0 Å². The van der Waals surface area contributed by atoms with Gasteiger partial charge in [0.25, 0.3) is 5.91 Å². The Bertz CT molecular complexity index is 912. The molecule has 0 unspecified atom stereocenters. The van der Waals surface area contributed by atoms with E-state index in [1.165, 1.54) is 4.90 Å². The highest BCUT2D eigenvalue weighted by molar-refractivity contribution is 6.30. The molecule has 27 heavy (non-hydrogen) atoms. The van der Waals surface area contributed by atoms with Gasteiger partial charge in [-0.25, -0.2) is 14.9 Å². The number of benzene rings is 2. The van der Waals surface area contributed by atoms with Crippen LogP contribution >= 0.6 is 11.6 Å². The van der Waals surface area contributed by atoms with Crippen molar-refractivity contribution in [3.8, 4) is 0 Å². The molecule has 0 radical (unpaired) electrons. The van der Waals surface area contributed by atoms with Gasteiger partial charge in [-0.15, -0.1) is 0 Å². The number of hydrogen-bond donors (Lipinski definition) is 0. The van der Waals surface area contributed by atoms with Gasteiger partial charge in [0.05, 0.1) is 17.6 Å². The van der Waals surface area contributed by atoms with E-state index in [0.29, 0.717) is 10.7 Å². The van der Waals surface area contributed by atoms with Crippen molar-refractivity contribution in [2.75, 3.05) is 18.0 Å². The molecule has 3 fully saturated rings. The summed E-state index contributed by atoms with van der Waals surface area (Å²) in [7, 11) is 0. The molecule has 0 bridgehead atoms. The zero-order valence-corrected chi connectivity index (χ0v) is 15.8. The Kier molecular flexibility index (Phi) is 3.86. The van der Waals surface area contributed by atoms with Crippen molar-refractivity contribution in [2.24, 2.45) is 5.92 Å². The van der Waals surface area contributed by atoms with Gasteiger partial charge in [0, 0.05) is 18.1 Å². The number of aryl methyl sites for hydroxylation is 1. The number of amides is 2. The molecular formula is C21H20ClN3O2. The fraction of sp³-hybridized carbons (Fsp3) is 0.333. The number of nitrogens with zero attached hydrogens (tertiary/aromatic N) is 3. The first-order chi connectivity index (χ1) is 13.1. The van der Waals surface area contributed by atoms with Crippen molar-refractivity contribution in [2.45, 2.75) is 25.4 Å². The summed E-state index contributed by atoms with van der Waals surface area (Å²) in [6.07, 6.45) is 0.999. The van der Waals surface area contributed by atoms with E-state index in [-0.39, 0.29) is 23.8 Å². The Hall–Kier alpha value is -2.21. The number of hydrazine groups is 1. The summed E-state index contributed by atoms with van der Waals surface area (Å²) >= 11 is 6.06. The third-order valence-electron chi connectivity index (χ3n) is 5.91. The number of imide groups is 1. The standard InChI is InChI=1S/C21H20ClN3O2/c1-13-3-9-16(10-4-13)25-20(26)17-18(14-5-7-15(22)8-6-14)23-11-2-12-24(23)19(17)21(25)27/h3-10,17-19H,2,11-12H2,1H3/t17-,18+,19+/m1/s1. The minimum absolute atomic E-state index is 0.108. The Balaban J connectivity index is 1.57. The third kappa shape index (κ3) is 2.46. The van der Waals surface area contributed by atoms with Crippen molar-refractivity contribution in [3.05, 3.63) is 64.7 Å². The Morgan fingerprint density at radius 3 is 2.15 bits per heavy atom. The lowest BCUT2D eigenvalue weighted by Gasteiger charge is -2.29. The highest BCUT2D eigenvalue weighted by Crippen LogP contribution is 2.48. The molecule has 5 rings (SSSR count). The smallest absolute Gasteiger partial charge is 0.253 e. The number of carbonyl (C=O) groups is 2. The van der Waals surface area contributed by atoms with Crippen LogP contribution in [0.3, 0.4) is 0 Å². The number of halogens is 1. The van der Waals surface area contributed by atoms with E-state index >= 15 is 0 Å². The number of rotatable bonds is 2. The van der Waals surface area contributed by atoms with Gasteiger partial charge in [0.2, 0.25) is 5.91 Å². The van der Waals surface area contributed by atoms with Crippen LogP contribution < -0.4 is 4.90 Å². The Morgan fingerprint density at radius 2 is 1.48 bits per heavy atom. The van der Waals surface area contributed by atoms with Gasteiger partial charge in [-0.05, 0) is 43.2 Å². The van der Waals surface area contributed by atoms with Crippen LogP contribution in [0.1, 0.15) is 23.6 Å². The molecule has 2 amide bonds. The average Bonchev–Trinajstić information content (AvgIpc) is 3.30. The van der Waals surface area contributed by atoms with Gasteiger partial charge < -0.3 is 0 Å². The first-order valence-electron chi connectivity index (χ1n) is 9.29. The van der Waals surface area contributed by atoms with E-state index in [2.05, 4.69) is 10.0 Å². The van der Waals surface area contributed by atoms with Crippen LogP contribution in [-0.4, -0.2) is 41.0 Å². The second kappa shape index (κ2) is 6.16. The molecule has 3 aliphatic rings. The number of fused-ring (bicyclic) bond motifs is 3. The van der Waals surface area contributed by atoms with E-state index in [4.69, 9.17) is 11.6 Å². The predicted molar refractivity (Wildman–Crippen MR) is 103 cm³/mol. The van der Waals surface area contributed by atoms with Crippen molar-refractivity contribution in [1.29, 1.82) is 0 Å². The van der Waals surface area contributed by atoms with Gasteiger partial charge in [-0.2, -0.15) is 0 Å². The summed E-state index contributed by atoms with van der Waals surface area (Å²) < 4.78 is 0. The molecule has 3 heterocycles. The molecular weight excluding hydrogens is 362 g/mol. The van der Waals surface area contributed by atoms with Crippen LogP contribution in [0, 0.1) is 12.8 Å². The van der Waals surface area contributed by atoms with Gasteiger partial charge in [-0.3, -0.25) is 9.59 Å². The van der Waals surface area contributed by atoms with E-state index in [9.17, 15) is 9.59 Å². The molecule has 2 aromatic carbocycles. The van der Waals surface area contributed by atoms with Crippen molar-refractivity contribution < 1.29 is 9.59 Å². The quantitative estimate of drug-likeness (QED) is 0.749. The van der Waals surface area contributed by atoms with E-state index < -0.39 is 6.04 Å². The largest absolute Gasteiger partial charge is 0.274 e. The van der Waals surface area contributed by atoms with Gasteiger partial charge in [0.1, 0.15) is 6.04 Å². The topological polar surface area (TPSA) is 43.9 Å². The number of anilines is 1. The van der Waals surface area contributed by atoms with Gasteiger partial charge in [-0.1, -0.05) is 41.4 Å². The molecule has 3 saturated heterocycles. The molecule has 3 atom stereocenters. The summed E-state index contributed by atoms with van der Waals surface area (Å²) in [6, 6.07) is 14.7. The molecule has 6 heteroatoms. The molecule has 0 saturated carbocycles. The van der Waals surface area contributed by atoms with Crippen LogP contribution in [-0.2, 0) is 9.59 Å². The Labute approximate surface area is 163 Å². The lowest BCUT2D eigenvalue weighted by atomic mass is 9.90. The van der Waals surface area contributed by atoms with Crippen LogP contribution in [0.15, 0.2) is 48.5 Å². The van der Waals surface area contributed by atoms with Crippen LogP contribution in [0.5, 0.6) is 0 Å². The first kappa shape index (κ1) is 16.9. The van der Waals surface area contributed by atoms with Crippen molar-refractivity contribution in [1.82, 2.24) is 10.0 Å². The maximum atomic E-state index is 13.4. The maximum absolute atomic E-state index is 13.4. The van der Waals surface area contributed by atoms with E-state index in [0.717, 1.165) is 30.6 Å². The van der Waals surface area contributed by atoms with Crippen LogP contribution in [0.25, 0.3) is 0 Å². The normalized spacial score (nSPS) is 28.1. The van der Waals surface area contributed by atoms with Crippen molar-refractivity contribution >= 4 is 29.1 Å². The lowest BCUT2D eigenvalue weighted by Crippen LogP contribution is -2.44. The number of carbonyl (C=O) groups excluding carboxylic acids is 2. The maximum Gasteiger partial charge on any atom is 0.253 e. The van der Waals surface area contributed by atoms with Crippen molar-refractivity contribution in [3.63, 3.8) is 0 Å². The Morgan fingerprint density at radius 1 is 0.852 bits per heavy atom. The molecule has 2 aromatic rings. The van der Waals surface area contributed by atoms with Gasteiger partial charge >= 0.3 is 0 Å². The zero-order chi connectivity index (χ0) is 18.7. The summed E-state index contributed by atoms with van der Waals surface area (Å²) in [5, 5.41) is 4.99. The predicted octanol–water partition coefficient (Wildman–Crippen LogP) is 3.18.